The van der Waals surface area contributed by atoms with Crippen LogP contribution in [0.4, 0.5) is 0 Å². The van der Waals surface area contributed by atoms with Gasteiger partial charge >= 0.3 is 0 Å². The maximum absolute atomic E-state index is 12.1. The molecule has 0 aromatic carbocycles. The molecule has 1 saturated carbocycles. The molecule has 0 aliphatic heterocycles. The van der Waals surface area contributed by atoms with E-state index in [1.54, 1.807) is 0 Å². The Morgan fingerprint density at radius 3 is 2.60 bits per heavy atom. The van der Waals surface area contributed by atoms with E-state index >= 15 is 0 Å². The predicted octanol–water partition coefficient (Wildman–Crippen LogP) is 2.13. The van der Waals surface area contributed by atoms with Crippen molar-refractivity contribution in [1.29, 1.82) is 0 Å². The molecule has 1 aliphatic rings. The normalized spacial score (nSPS) is 23.7. The largest absolute Gasteiger partial charge is 0.326 e. The van der Waals surface area contributed by atoms with Gasteiger partial charge in [0.25, 0.3) is 5.56 Å². The van der Waals surface area contributed by atoms with E-state index in [1.807, 2.05) is 0 Å². The van der Waals surface area contributed by atoms with E-state index in [9.17, 15) is 13.2 Å². The van der Waals surface area contributed by atoms with Crippen molar-refractivity contribution in [3.8, 4) is 0 Å². The van der Waals surface area contributed by atoms with Gasteiger partial charge in [-0.05, 0) is 30.7 Å². The molecule has 1 heterocycles. The highest BCUT2D eigenvalue weighted by atomic mass is 35.5. The standard InChI is InChI=1S/C13H19ClN2O3S/c1-9-2-4-10(5-3-9)7-16-20(18,19)11-6-12(14)13(17)15-8-11/h6,8-10,16H,2-5,7H2,1H3,(H,15,17). The third-order valence-corrected chi connectivity index (χ3v) is 5.52. The van der Waals surface area contributed by atoms with Crippen LogP contribution in [0.1, 0.15) is 32.6 Å². The van der Waals surface area contributed by atoms with Crippen LogP contribution >= 0.6 is 11.6 Å². The Balaban J connectivity index is 2.00. The second-order valence-electron chi connectivity index (χ2n) is 5.49. The van der Waals surface area contributed by atoms with Crippen molar-refractivity contribution in [3.05, 3.63) is 27.6 Å². The van der Waals surface area contributed by atoms with Crippen LogP contribution < -0.4 is 10.3 Å². The van der Waals surface area contributed by atoms with Crippen LogP contribution in [0.15, 0.2) is 22.0 Å². The summed E-state index contributed by atoms with van der Waals surface area (Å²) in [4.78, 5) is 13.4. The molecular formula is C13H19ClN2O3S. The fourth-order valence-electron chi connectivity index (χ4n) is 2.44. The average Bonchev–Trinajstić information content (AvgIpc) is 2.41. The van der Waals surface area contributed by atoms with Gasteiger partial charge in [-0.3, -0.25) is 4.79 Å². The lowest BCUT2D eigenvalue weighted by molar-refractivity contribution is 0.290. The predicted molar refractivity (Wildman–Crippen MR) is 78.4 cm³/mol. The summed E-state index contributed by atoms with van der Waals surface area (Å²) < 4.78 is 26.8. The number of nitrogens with one attached hydrogen (secondary N) is 2. The molecule has 7 heteroatoms. The number of aromatic nitrogens is 1. The highest BCUT2D eigenvalue weighted by Crippen LogP contribution is 2.28. The molecule has 2 N–H and O–H groups in total. The average molecular weight is 319 g/mol. The Labute approximate surface area is 123 Å². The molecule has 1 fully saturated rings. The first-order valence-electron chi connectivity index (χ1n) is 6.76. The van der Waals surface area contributed by atoms with Crippen LogP contribution in [0.25, 0.3) is 0 Å². The summed E-state index contributed by atoms with van der Waals surface area (Å²) in [5.41, 5.74) is -0.494. The minimum atomic E-state index is -3.62. The quantitative estimate of drug-likeness (QED) is 0.892. The summed E-state index contributed by atoms with van der Waals surface area (Å²) in [7, 11) is -3.62. The molecule has 1 aromatic heterocycles. The zero-order chi connectivity index (χ0) is 14.8. The molecular weight excluding hydrogens is 300 g/mol. The van der Waals surface area contributed by atoms with Crippen molar-refractivity contribution in [2.45, 2.75) is 37.5 Å². The van der Waals surface area contributed by atoms with Crippen molar-refractivity contribution in [2.75, 3.05) is 6.54 Å². The van der Waals surface area contributed by atoms with E-state index in [4.69, 9.17) is 11.6 Å². The molecule has 0 atom stereocenters. The summed E-state index contributed by atoms with van der Waals surface area (Å²) in [5.74, 6) is 1.13. The van der Waals surface area contributed by atoms with Crippen molar-refractivity contribution < 1.29 is 8.42 Å². The number of rotatable bonds is 4. The molecule has 0 unspecified atom stereocenters. The van der Waals surface area contributed by atoms with Gasteiger partial charge in [-0.1, -0.05) is 31.4 Å². The molecule has 20 heavy (non-hydrogen) atoms. The molecule has 1 aromatic rings. The Morgan fingerprint density at radius 2 is 2.00 bits per heavy atom. The molecule has 0 amide bonds. The van der Waals surface area contributed by atoms with E-state index in [0.29, 0.717) is 12.5 Å². The van der Waals surface area contributed by atoms with Crippen molar-refractivity contribution in [3.63, 3.8) is 0 Å². The van der Waals surface area contributed by atoms with Gasteiger partial charge in [0.2, 0.25) is 10.0 Å². The van der Waals surface area contributed by atoms with Gasteiger partial charge in [-0.2, -0.15) is 0 Å². The molecule has 0 spiro atoms. The van der Waals surface area contributed by atoms with E-state index in [2.05, 4.69) is 16.6 Å². The molecule has 0 radical (unpaired) electrons. The lowest BCUT2D eigenvalue weighted by Crippen LogP contribution is -2.31. The van der Waals surface area contributed by atoms with Gasteiger partial charge in [0, 0.05) is 12.7 Å². The molecule has 2 rings (SSSR count). The second-order valence-corrected chi connectivity index (χ2v) is 7.66. The smallest absolute Gasteiger partial charge is 0.266 e. The number of halogens is 1. The van der Waals surface area contributed by atoms with Crippen LogP contribution in [0.5, 0.6) is 0 Å². The molecule has 0 saturated heterocycles. The topological polar surface area (TPSA) is 79.0 Å². The maximum Gasteiger partial charge on any atom is 0.266 e. The van der Waals surface area contributed by atoms with Gasteiger partial charge in [0.1, 0.15) is 5.02 Å². The van der Waals surface area contributed by atoms with Crippen molar-refractivity contribution in [2.24, 2.45) is 11.8 Å². The third-order valence-electron chi connectivity index (χ3n) is 3.84. The van der Waals surface area contributed by atoms with Crippen LogP contribution in [0, 0.1) is 11.8 Å². The summed E-state index contributed by atoms with van der Waals surface area (Å²) >= 11 is 5.65. The van der Waals surface area contributed by atoms with Crippen LogP contribution in [0.2, 0.25) is 5.02 Å². The summed E-state index contributed by atoms with van der Waals surface area (Å²) in [6.45, 7) is 2.66. The Morgan fingerprint density at radius 1 is 1.35 bits per heavy atom. The molecule has 0 bridgehead atoms. The van der Waals surface area contributed by atoms with E-state index < -0.39 is 15.6 Å². The summed E-state index contributed by atoms with van der Waals surface area (Å²) in [6, 6.07) is 1.17. The molecule has 1 aliphatic carbocycles. The monoisotopic (exact) mass is 318 g/mol. The van der Waals surface area contributed by atoms with E-state index in [0.717, 1.165) is 31.6 Å². The van der Waals surface area contributed by atoms with Crippen molar-refractivity contribution >= 4 is 21.6 Å². The number of hydrogen-bond acceptors (Lipinski definition) is 3. The zero-order valence-electron chi connectivity index (χ0n) is 11.4. The number of aromatic amines is 1. The minimum Gasteiger partial charge on any atom is -0.326 e. The van der Waals surface area contributed by atoms with Crippen LogP contribution in [-0.4, -0.2) is 19.9 Å². The van der Waals surface area contributed by atoms with Gasteiger partial charge in [0.05, 0.1) is 4.90 Å². The third kappa shape index (κ3) is 3.84. The SMILES string of the molecule is CC1CCC(CNS(=O)(=O)c2c[nH]c(=O)c(Cl)c2)CC1. The first kappa shape index (κ1) is 15.5. The number of sulfonamides is 1. The minimum absolute atomic E-state index is 0.00808. The Hall–Kier alpha value is -0.850. The van der Waals surface area contributed by atoms with Gasteiger partial charge in [0.15, 0.2) is 0 Å². The number of hydrogen-bond donors (Lipinski definition) is 2. The second kappa shape index (κ2) is 6.28. The van der Waals surface area contributed by atoms with Gasteiger partial charge in [-0.15, -0.1) is 0 Å². The van der Waals surface area contributed by atoms with Crippen molar-refractivity contribution in [1.82, 2.24) is 9.71 Å². The first-order valence-corrected chi connectivity index (χ1v) is 8.62. The lowest BCUT2D eigenvalue weighted by Gasteiger charge is -2.26. The van der Waals surface area contributed by atoms with Crippen LogP contribution in [0.3, 0.4) is 0 Å². The highest BCUT2D eigenvalue weighted by Gasteiger charge is 2.21. The summed E-state index contributed by atoms with van der Waals surface area (Å²) in [6.07, 6.45) is 5.57. The first-order chi connectivity index (χ1) is 9.38. The fraction of sp³-hybridized carbons (Fsp3) is 0.615. The fourth-order valence-corrected chi connectivity index (χ4v) is 3.78. The van der Waals surface area contributed by atoms with Gasteiger partial charge in [-0.25, -0.2) is 13.1 Å². The molecule has 112 valence electrons. The van der Waals surface area contributed by atoms with Gasteiger partial charge < -0.3 is 4.98 Å². The number of pyridine rings is 1. The summed E-state index contributed by atoms with van der Waals surface area (Å²) in [5, 5.41) is -0.126. The maximum atomic E-state index is 12.1. The zero-order valence-corrected chi connectivity index (χ0v) is 12.9. The van der Waals surface area contributed by atoms with E-state index in [1.165, 1.54) is 12.3 Å². The Kier molecular flexibility index (Phi) is 4.88. The van der Waals surface area contributed by atoms with Crippen LogP contribution in [-0.2, 0) is 10.0 Å². The molecule has 5 nitrogen and oxygen atoms in total. The van der Waals surface area contributed by atoms with E-state index in [-0.39, 0.29) is 9.92 Å². The number of H-pyrrole nitrogens is 1. The lowest BCUT2D eigenvalue weighted by atomic mass is 9.83. The Bertz CT molecular complexity index is 619. The highest BCUT2D eigenvalue weighted by molar-refractivity contribution is 7.89.